The number of rotatable bonds is 32. The normalized spacial score (nSPS) is 18.8. The van der Waals surface area contributed by atoms with Gasteiger partial charge in [-0.15, -0.1) is 23.5 Å². The summed E-state index contributed by atoms with van der Waals surface area (Å²) in [4.78, 5) is 9.24. The van der Waals surface area contributed by atoms with Crippen molar-refractivity contribution in [1.82, 2.24) is 0 Å². The van der Waals surface area contributed by atoms with E-state index in [2.05, 4.69) is 9.05 Å². The van der Waals surface area contributed by atoms with E-state index >= 15 is 0 Å². The largest absolute Gasteiger partial charge is 0.472 e. The molecule has 0 radical (unpaired) electrons. The summed E-state index contributed by atoms with van der Waals surface area (Å²) in [6.07, 6.45) is -25.0. The van der Waals surface area contributed by atoms with Crippen molar-refractivity contribution in [2.45, 2.75) is 183 Å². The Balaban J connectivity index is 3.88. The summed E-state index contributed by atoms with van der Waals surface area (Å²) >= 11 is -2.80. The average molecular weight is 1690 g/mol. The number of alkyl halides is 58. The van der Waals surface area contributed by atoms with Crippen LogP contribution < -0.4 is 0 Å². The molecule has 0 bridgehead atoms. The summed E-state index contributed by atoms with van der Waals surface area (Å²) in [5.74, 6) is -260. The van der Waals surface area contributed by atoms with E-state index in [0.717, 1.165) is 0 Å². The first-order valence-electron chi connectivity index (χ1n) is 22.2. The van der Waals surface area contributed by atoms with Crippen LogP contribution in [0.1, 0.15) is 12.8 Å². The van der Waals surface area contributed by atoms with Crippen LogP contribution in [0.25, 0.3) is 0 Å². The summed E-state index contributed by atoms with van der Waals surface area (Å²) in [5, 5.41) is 0. The van der Waals surface area contributed by atoms with Gasteiger partial charge in [0.05, 0.1) is 13.2 Å². The molecule has 1 heterocycles. The first-order valence-corrected chi connectivity index (χ1v) is 25.7. The third-order valence-corrected chi connectivity index (χ3v) is 16.7. The van der Waals surface area contributed by atoms with E-state index in [1.807, 2.05) is 0 Å². The van der Waals surface area contributed by atoms with E-state index in [4.69, 9.17) is 0 Å². The Morgan fingerprint density at radius 1 is 0.230 bits per heavy atom. The van der Waals surface area contributed by atoms with Gasteiger partial charge in [-0.2, -0.15) is 255 Å². The molecule has 1 saturated heterocycles. The molecular formula is C35H13F58O4PS2. The van der Waals surface area contributed by atoms with Crippen LogP contribution in [0.4, 0.5) is 255 Å². The van der Waals surface area contributed by atoms with Gasteiger partial charge in [0.15, 0.2) is 0 Å². The van der Waals surface area contributed by atoms with Crippen LogP contribution in [0.3, 0.4) is 0 Å². The van der Waals surface area contributed by atoms with Gasteiger partial charge in [0.25, 0.3) is 0 Å². The second-order valence-electron chi connectivity index (χ2n) is 19.3. The first kappa shape index (κ1) is 94.8. The highest BCUT2D eigenvalue weighted by Gasteiger charge is 3.04. The van der Waals surface area contributed by atoms with Crippen LogP contribution in [0.2, 0.25) is 0 Å². The molecule has 0 aromatic carbocycles. The second-order valence-corrected chi connectivity index (χ2v) is 24.0. The highest BCUT2D eigenvalue weighted by molar-refractivity contribution is 8.18. The molecule has 0 aromatic heterocycles. The highest BCUT2D eigenvalue weighted by atomic mass is 32.2. The number of phosphoric ester groups is 1. The minimum atomic E-state index is -10.4. The fourth-order valence-corrected chi connectivity index (χ4v) is 10.5. The van der Waals surface area contributed by atoms with Crippen LogP contribution in [-0.2, 0) is 13.6 Å². The predicted octanol–water partition coefficient (Wildman–Crippen LogP) is 20.7. The van der Waals surface area contributed by atoms with Gasteiger partial charge in [-0.3, -0.25) is 9.05 Å². The summed E-state index contributed by atoms with van der Waals surface area (Å²) in [7, 11) is -5.93. The van der Waals surface area contributed by atoms with Crippen molar-refractivity contribution in [2.24, 2.45) is 0 Å². The molecule has 1 rings (SSSR count). The summed E-state index contributed by atoms with van der Waals surface area (Å²) in [5.41, 5.74) is 0. The number of halogens is 58. The fourth-order valence-electron chi connectivity index (χ4n) is 6.45. The number of phosphoric acid groups is 1. The summed E-state index contributed by atoms with van der Waals surface area (Å²) in [6, 6.07) is 0. The van der Waals surface area contributed by atoms with Crippen LogP contribution in [0.15, 0.2) is 0 Å². The van der Waals surface area contributed by atoms with E-state index in [1.165, 1.54) is 0 Å². The molecule has 0 aliphatic carbocycles. The van der Waals surface area contributed by atoms with Gasteiger partial charge in [-0.25, -0.2) is 4.57 Å². The standard InChI is InChI=1S/C35H13F58O4PS2/c36-8(37,10(40,41)12(44,45)14(48,49)16(52,53)18(56,57)20(60,61)22(64,65)24(68,69)26(72,73)28(76,77)30(80,81)32(84,85)34(88,89)90)1-3-99-7(5-96-98(94,95)97-6-7)100-4-2-9(38,39)11(42,43)13(46,47)15(50,51)17(54,55)19(58,59)21(62,63)23(66,67)25(70,71)27(74,75)29(78,79)31(82,83)33(86,87)35(91,92)93/h1-6H2,(H,94,95). The minimum absolute atomic E-state index is 1.40. The van der Waals surface area contributed by atoms with Gasteiger partial charge in [0.1, 0.15) is 4.08 Å². The monoisotopic (exact) mass is 1690 g/mol. The second kappa shape index (κ2) is 24.6. The Morgan fingerprint density at radius 3 is 0.480 bits per heavy atom. The lowest BCUT2D eigenvalue weighted by Crippen LogP contribution is -2.79. The maximum absolute atomic E-state index is 14.7. The quantitative estimate of drug-likeness (QED) is 0.0412. The van der Waals surface area contributed by atoms with E-state index in [0.29, 0.717) is 0 Å². The smallest absolute Gasteiger partial charge is 0.302 e. The van der Waals surface area contributed by atoms with Gasteiger partial charge < -0.3 is 4.89 Å². The molecular weight excluding hydrogens is 1680 g/mol. The summed E-state index contributed by atoms with van der Waals surface area (Å²) in [6.45, 7) is -4.75. The summed E-state index contributed by atoms with van der Waals surface area (Å²) < 4.78 is 823. The lowest BCUT2D eigenvalue weighted by molar-refractivity contribution is -0.487. The van der Waals surface area contributed by atoms with Gasteiger partial charge >= 0.3 is 174 Å². The van der Waals surface area contributed by atoms with Crippen molar-refractivity contribution < 1.29 is 273 Å². The van der Waals surface area contributed by atoms with Crippen molar-refractivity contribution in [3.63, 3.8) is 0 Å². The van der Waals surface area contributed by atoms with Gasteiger partial charge in [0, 0.05) is 24.3 Å². The zero-order chi connectivity index (χ0) is 82.1. The molecule has 0 amide bonds. The Labute approximate surface area is 513 Å². The topological polar surface area (TPSA) is 55.8 Å². The highest BCUT2D eigenvalue weighted by Crippen LogP contribution is 2.73. The third kappa shape index (κ3) is 12.2. The first-order chi connectivity index (χ1) is 42.3. The van der Waals surface area contributed by atoms with E-state index < -0.39 is 239 Å². The van der Waals surface area contributed by atoms with Crippen molar-refractivity contribution in [2.75, 3.05) is 24.7 Å². The van der Waals surface area contributed by atoms with Crippen LogP contribution in [0.5, 0.6) is 0 Å². The molecule has 100 heavy (non-hydrogen) atoms. The van der Waals surface area contributed by atoms with E-state index in [-0.39, 0.29) is 0 Å². The Hall–Kier alpha value is -3.25. The molecule has 0 unspecified atom stereocenters. The van der Waals surface area contributed by atoms with E-state index in [9.17, 15) is 264 Å². The molecule has 0 saturated carbocycles. The molecule has 0 atom stereocenters. The molecule has 65 heteroatoms. The number of hydrogen-bond donors (Lipinski definition) is 1. The van der Waals surface area contributed by atoms with E-state index in [1.54, 1.807) is 0 Å². The Kier molecular flexibility index (Phi) is 23.4. The van der Waals surface area contributed by atoms with Crippen molar-refractivity contribution in [3.05, 3.63) is 0 Å². The van der Waals surface area contributed by atoms with Crippen molar-refractivity contribution in [1.29, 1.82) is 0 Å². The molecule has 4 nitrogen and oxygen atoms in total. The SMILES string of the molecule is O=P1(O)OCC(SCCC(F)(F)C(F)(F)C(F)(F)C(F)(F)C(F)(F)C(F)(F)C(F)(F)C(F)(F)C(F)(F)C(F)(F)C(F)(F)C(F)(F)C(F)(F)C(F)(F)F)(SCCC(F)(F)C(F)(F)C(F)(F)C(F)(F)C(F)(F)C(F)(F)C(F)(F)C(F)(F)C(F)(F)C(F)(F)C(F)(F)C(F)(F)C(F)(F)C(F)(F)F)CO1. The Morgan fingerprint density at radius 2 is 0.350 bits per heavy atom. The van der Waals surface area contributed by atoms with Crippen molar-refractivity contribution in [3.8, 4) is 0 Å². The predicted molar refractivity (Wildman–Crippen MR) is 199 cm³/mol. The fraction of sp³-hybridized carbons (Fsp3) is 1.00. The molecule has 0 aromatic rings. The maximum atomic E-state index is 14.7. The van der Waals surface area contributed by atoms with Gasteiger partial charge in [-0.1, -0.05) is 0 Å². The molecule has 1 aliphatic heterocycles. The lowest BCUT2D eigenvalue weighted by Gasteiger charge is -2.46. The maximum Gasteiger partial charge on any atom is 0.472 e. The van der Waals surface area contributed by atoms with Crippen LogP contribution >= 0.6 is 31.3 Å². The number of thioether (sulfide) groups is 2. The molecule has 0 spiro atoms. The average Bonchev–Trinajstić information content (AvgIpc) is 0.687. The van der Waals surface area contributed by atoms with Crippen molar-refractivity contribution >= 4 is 31.3 Å². The zero-order valence-corrected chi connectivity index (χ0v) is 46.1. The number of hydrogen-bond acceptors (Lipinski definition) is 5. The van der Waals surface area contributed by atoms with Crippen LogP contribution in [0, 0.1) is 0 Å². The molecule has 1 N–H and O–H groups in total. The Bertz CT molecular complexity index is 2760. The van der Waals surface area contributed by atoms with Gasteiger partial charge in [0.2, 0.25) is 0 Å². The third-order valence-electron chi connectivity index (χ3n) is 12.8. The lowest BCUT2D eigenvalue weighted by atomic mass is 9.83. The van der Waals surface area contributed by atoms with Crippen LogP contribution in [-0.4, -0.2) is 200 Å². The molecule has 600 valence electrons. The molecule has 1 aliphatic rings. The minimum Gasteiger partial charge on any atom is -0.302 e. The molecule has 1 fully saturated rings. The van der Waals surface area contributed by atoms with Gasteiger partial charge in [-0.05, 0) is 0 Å². The zero-order valence-electron chi connectivity index (χ0n) is 43.6.